The molecule has 0 N–H and O–H groups in total. The van der Waals surface area contributed by atoms with Crippen molar-refractivity contribution in [1.82, 2.24) is 14.4 Å². The molecule has 0 saturated heterocycles. The highest BCUT2D eigenvalue weighted by Crippen LogP contribution is 2.32. The molecule has 5 nitrogen and oxygen atoms in total. The van der Waals surface area contributed by atoms with Crippen LogP contribution in [0.4, 0.5) is 0 Å². The Morgan fingerprint density at radius 1 is 1.28 bits per heavy atom. The Balaban J connectivity index is 2.18. The van der Waals surface area contributed by atoms with Crippen molar-refractivity contribution in [2.45, 2.75) is 0 Å². The van der Waals surface area contributed by atoms with Gasteiger partial charge in [0.2, 0.25) is 0 Å². The van der Waals surface area contributed by atoms with E-state index in [9.17, 15) is 8.42 Å². The van der Waals surface area contributed by atoms with Crippen LogP contribution >= 0.6 is 11.3 Å². The molecule has 0 radical (unpaired) electrons. The van der Waals surface area contributed by atoms with Crippen LogP contribution in [-0.2, 0) is 10.0 Å². The predicted molar refractivity (Wildman–Crippen MR) is 71.1 cm³/mol. The molecule has 3 rings (SSSR count). The second-order valence-electron chi connectivity index (χ2n) is 3.88. The Hall–Kier alpha value is -1.73. The minimum absolute atomic E-state index is 0.567. The highest BCUT2D eigenvalue weighted by Gasteiger charge is 2.13. The Kier molecular flexibility index (Phi) is 2.46. The maximum absolute atomic E-state index is 11.3. The molecule has 0 saturated carbocycles. The van der Waals surface area contributed by atoms with E-state index < -0.39 is 10.0 Å². The van der Waals surface area contributed by atoms with Gasteiger partial charge >= 0.3 is 0 Å². The summed E-state index contributed by atoms with van der Waals surface area (Å²) in [4.78, 5) is 0. The van der Waals surface area contributed by atoms with Gasteiger partial charge in [0.1, 0.15) is 5.69 Å². The van der Waals surface area contributed by atoms with Gasteiger partial charge in [-0.2, -0.15) is 0 Å². The van der Waals surface area contributed by atoms with Crippen molar-refractivity contribution in [1.29, 1.82) is 0 Å². The number of fused-ring (bicyclic) bond motifs is 1. The highest BCUT2D eigenvalue weighted by atomic mass is 32.2. The van der Waals surface area contributed by atoms with Crippen LogP contribution < -0.4 is 0 Å². The van der Waals surface area contributed by atoms with E-state index in [1.807, 2.05) is 29.6 Å². The van der Waals surface area contributed by atoms with Crippen molar-refractivity contribution in [2.75, 3.05) is 6.26 Å². The highest BCUT2D eigenvalue weighted by molar-refractivity contribution is 7.89. The van der Waals surface area contributed by atoms with Gasteiger partial charge in [0, 0.05) is 21.0 Å². The molecule has 0 atom stereocenters. The Bertz CT molecular complexity index is 818. The second kappa shape index (κ2) is 3.89. The van der Waals surface area contributed by atoms with E-state index in [-0.39, 0.29) is 0 Å². The van der Waals surface area contributed by atoms with Gasteiger partial charge in [-0.15, -0.1) is 20.5 Å². The first-order chi connectivity index (χ1) is 8.55. The van der Waals surface area contributed by atoms with Crippen molar-refractivity contribution >= 4 is 31.4 Å². The van der Waals surface area contributed by atoms with Crippen molar-refractivity contribution in [3.05, 3.63) is 35.8 Å². The Morgan fingerprint density at radius 2 is 2.06 bits per heavy atom. The van der Waals surface area contributed by atoms with Crippen LogP contribution in [0.3, 0.4) is 0 Å². The van der Waals surface area contributed by atoms with Crippen LogP contribution in [0, 0.1) is 0 Å². The van der Waals surface area contributed by atoms with E-state index in [0.29, 0.717) is 5.69 Å². The number of benzene rings is 1. The summed E-state index contributed by atoms with van der Waals surface area (Å²) in [5.41, 5.74) is 1.48. The van der Waals surface area contributed by atoms with Crippen molar-refractivity contribution in [2.24, 2.45) is 0 Å². The molecule has 0 fully saturated rings. The van der Waals surface area contributed by atoms with Crippen LogP contribution in [0.25, 0.3) is 21.3 Å². The van der Waals surface area contributed by atoms with Crippen molar-refractivity contribution < 1.29 is 8.42 Å². The average molecular weight is 279 g/mol. The number of nitrogens with zero attached hydrogens (tertiary/aromatic N) is 3. The summed E-state index contributed by atoms with van der Waals surface area (Å²) in [5.74, 6) is 0. The Morgan fingerprint density at radius 3 is 2.78 bits per heavy atom. The molecule has 0 aliphatic heterocycles. The molecule has 0 unspecified atom stereocenters. The zero-order valence-corrected chi connectivity index (χ0v) is 11.1. The van der Waals surface area contributed by atoms with Crippen molar-refractivity contribution in [3.8, 4) is 11.3 Å². The topological polar surface area (TPSA) is 64.8 Å². The third kappa shape index (κ3) is 1.81. The quantitative estimate of drug-likeness (QED) is 0.719. The lowest BCUT2D eigenvalue weighted by molar-refractivity contribution is 0.583. The first kappa shape index (κ1) is 11.4. The third-order valence-corrected chi connectivity index (χ3v) is 4.39. The van der Waals surface area contributed by atoms with Crippen LogP contribution in [-0.4, -0.2) is 29.1 Å². The number of hydrogen-bond donors (Lipinski definition) is 0. The summed E-state index contributed by atoms with van der Waals surface area (Å²) in [6.45, 7) is 0. The van der Waals surface area contributed by atoms with Crippen LogP contribution in [0.2, 0.25) is 0 Å². The minimum Gasteiger partial charge on any atom is -0.205 e. The summed E-state index contributed by atoms with van der Waals surface area (Å²) in [6, 6.07) is 7.92. The van der Waals surface area contributed by atoms with Gasteiger partial charge in [0.05, 0.1) is 12.5 Å². The van der Waals surface area contributed by atoms with Gasteiger partial charge in [0.15, 0.2) is 0 Å². The summed E-state index contributed by atoms with van der Waals surface area (Å²) in [6.07, 6.45) is 2.53. The monoisotopic (exact) mass is 279 g/mol. The zero-order valence-electron chi connectivity index (χ0n) is 9.44. The van der Waals surface area contributed by atoms with E-state index in [4.69, 9.17) is 0 Å². The fraction of sp³-hybridized carbons (Fsp3) is 0.0909. The largest absolute Gasteiger partial charge is 0.252 e. The number of thiophene rings is 1. The van der Waals surface area contributed by atoms with Crippen molar-refractivity contribution in [3.63, 3.8) is 0 Å². The predicted octanol–water partition coefficient (Wildman–Crippen LogP) is 1.97. The molecule has 0 aliphatic carbocycles. The van der Waals surface area contributed by atoms with Crippen LogP contribution in [0.5, 0.6) is 0 Å². The third-order valence-electron chi connectivity index (χ3n) is 2.57. The first-order valence-electron chi connectivity index (χ1n) is 5.15. The van der Waals surface area contributed by atoms with Gasteiger partial charge in [-0.25, -0.2) is 8.42 Å². The van der Waals surface area contributed by atoms with E-state index in [0.717, 1.165) is 26.0 Å². The number of aromatic nitrogens is 3. The number of rotatable bonds is 2. The molecule has 2 aromatic heterocycles. The maximum atomic E-state index is 11.3. The molecule has 0 spiro atoms. The minimum atomic E-state index is -3.38. The molecule has 7 heteroatoms. The number of hydrogen-bond acceptors (Lipinski definition) is 5. The molecule has 3 aromatic rings. The van der Waals surface area contributed by atoms with Gasteiger partial charge in [-0.05, 0) is 6.07 Å². The van der Waals surface area contributed by atoms with Crippen LogP contribution in [0.15, 0.2) is 35.8 Å². The van der Waals surface area contributed by atoms with Gasteiger partial charge in [0.25, 0.3) is 10.0 Å². The molecule has 0 aliphatic rings. The molecule has 18 heavy (non-hydrogen) atoms. The summed E-state index contributed by atoms with van der Waals surface area (Å²) in [7, 11) is -3.38. The van der Waals surface area contributed by atoms with E-state index in [1.54, 1.807) is 11.3 Å². The molecule has 2 heterocycles. The molecule has 0 amide bonds. The zero-order chi connectivity index (χ0) is 12.8. The molecule has 92 valence electrons. The fourth-order valence-electron chi connectivity index (χ4n) is 1.71. The molecular weight excluding hydrogens is 270 g/mol. The maximum Gasteiger partial charge on any atom is 0.252 e. The molecule has 1 aromatic carbocycles. The summed E-state index contributed by atoms with van der Waals surface area (Å²) < 4.78 is 24.7. The normalized spacial score (nSPS) is 12.1. The van der Waals surface area contributed by atoms with Gasteiger partial charge in [-0.1, -0.05) is 23.4 Å². The van der Waals surface area contributed by atoms with Gasteiger partial charge < -0.3 is 0 Å². The average Bonchev–Trinajstić information content (AvgIpc) is 2.94. The summed E-state index contributed by atoms with van der Waals surface area (Å²) in [5, 5.41) is 10.6. The Labute approximate surface area is 108 Å². The lowest BCUT2D eigenvalue weighted by Crippen LogP contribution is -2.10. The second-order valence-corrected chi connectivity index (χ2v) is 6.64. The van der Waals surface area contributed by atoms with Crippen LogP contribution in [0.1, 0.15) is 0 Å². The van der Waals surface area contributed by atoms with E-state index >= 15 is 0 Å². The lowest BCUT2D eigenvalue weighted by Gasteiger charge is -1.93. The molecular formula is C11H9N3O2S2. The molecule has 0 bridgehead atoms. The smallest absolute Gasteiger partial charge is 0.205 e. The fourth-order valence-corrected chi connectivity index (χ4v) is 3.13. The lowest BCUT2D eigenvalue weighted by atomic mass is 10.1. The van der Waals surface area contributed by atoms with E-state index in [1.165, 1.54) is 6.20 Å². The standard InChI is InChI=1S/C11H9N3O2S2/c1-18(15,16)14-6-10(12-13-14)9-7-17-11-5-3-2-4-8(9)11/h2-7H,1H3. The van der Waals surface area contributed by atoms with E-state index in [2.05, 4.69) is 10.3 Å². The SMILES string of the molecule is CS(=O)(=O)n1cc(-c2csc3ccccc23)nn1. The van der Waals surface area contributed by atoms with Gasteiger partial charge in [-0.3, -0.25) is 0 Å². The first-order valence-corrected chi connectivity index (χ1v) is 7.88. The summed E-state index contributed by atoms with van der Waals surface area (Å²) >= 11 is 1.60.